The van der Waals surface area contributed by atoms with Gasteiger partial charge in [-0.15, -0.1) is 11.8 Å². The fraction of sp³-hybridized carbons (Fsp3) is 0.185. The molecule has 3 aromatic rings. The summed E-state index contributed by atoms with van der Waals surface area (Å²) in [7, 11) is 4.99. The van der Waals surface area contributed by atoms with E-state index in [0.717, 1.165) is 5.69 Å². The highest BCUT2D eigenvalue weighted by Gasteiger charge is 2.22. The molecule has 0 aliphatic heterocycles. The lowest BCUT2D eigenvalue weighted by atomic mass is 10.2. The van der Waals surface area contributed by atoms with E-state index in [1.165, 1.54) is 42.1 Å². The quantitative estimate of drug-likeness (QED) is 0.290. The van der Waals surface area contributed by atoms with Crippen LogP contribution < -0.4 is 19.3 Å². The first-order valence-electron chi connectivity index (χ1n) is 10.7. The summed E-state index contributed by atoms with van der Waals surface area (Å²) >= 11 is 1.18. The molecular weight excluding hydrogens is 473 g/mol. The van der Waals surface area contributed by atoms with Crippen molar-refractivity contribution in [2.75, 3.05) is 31.1 Å². The Bertz CT molecular complexity index is 1200. The minimum absolute atomic E-state index is 0.0338. The van der Waals surface area contributed by atoms with Crippen molar-refractivity contribution in [1.82, 2.24) is 0 Å². The molecule has 0 unspecified atom stereocenters. The molecule has 0 bridgehead atoms. The van der Waals surface area contributed by atoms with Crippen LogP contribution in [0.15, 0.2) is 84.2 Å². The van der Waals surface area contributed by atoms with Crippen LogP contribution in [-0.2, 0) is 5.75 Å². The summed E-state index contributed by atoms with van der Waals surface area (Å²) in [5.41, 5.74) is 1.40. The summed E-state index contributed by atoms with van der Waals surface area (Å²) in [6.45, 7) is 6.03. The minimum atomic E-state index is -0.618. The lowest BCUT2D eigenvalue weighted by Gasteiger charge is -2.35. The van der Waals surface area contributed by atoms with Crippen LogP contribution >= 0.6 is 11.8 Å². The number of hydrogen-bond acceptors (Lipinski definition) is 5. The van der Waals surface area contributed by atoms with Crippen LogP contribution in [0.25, 0.3) is 0 Å². The monoisotopic (exact) mass is 500 g/mol. The van der Waals surface area contributed by atoms with E-state index in [-0.39, 0.29) is 17.1 Å². The van der Waals surface area contributed by atoms with Crippen LogP contribution in [-0.4, -0.2) is 21.3 Å². The predicted molar refractivity (Wildman–Crippen MR) is 137 cm³/mol. The van der Waals surface area contributed by atoms with Crippen LogP contribution in [0.4, 0.5) is 24.5 Å². The third-order valence-electron chi connectivity index (χ3n) is 5.36. The maximum atomic E-state index is 14.2. The highest BCUT2D eigenvalue weighted by atomic mass is 32.2. The van der Waals surface area contributed by atoms with Gasteiger partial charge in [-0.1, -0.05) is 12.6 Å². The summed E-state index contributed by atoms with van der Waals surface area (Å²) in [6.07, 6.45) is 1.87. The van der Waals surface area contributed by atoms with Crippen LogP contribution in [0.2, 0.25) is 0 Å². The number of benzene rings is 3. The zero-order valence-electron chi connectivity index (χ0n) is 20.0. The van der Waals surface area contributed by atoms with Crippen molar-refractivity contribution in [2.45, 2.75) is 12.7 Å². The molecule has 0 heterocycles. The van der Waals surface area contributed by atoms with Gasteiger partial charge in [0.25, 0.3) is 0 Å². The summed E-state index contributed by atoms with van der Waals surface area (Å²) in [4.78, 5) is 3.71. The van der Waals surface area contributed by atoms with Gasteiger partial charge in [0.05, 0.1) is 19.2 Å². The molecule has 3 aromatic carbocycles. The Kier molecular flexibility index (Phi) is 8.76. The fourth-order valence-corrected chi connectivity index (χ4v) is 4.44. The van der Waals surface area contributed by atoms with Crippen molar-refractivity contribution in [3.63, 3.8) is 0 Å². The molecule has 0 aliphatic carbocycles. The van der Waals surface area contributed by atoms with Crippen LogP contribution in [0.1, 0.15) is 12.5 Å². The first kappa shape index (κ1) is 26.1. The second-order valence-electron chi connectivity index (χ2n) is 7.44. The molecule has 184 valence electrons. The zero-order valence-corrected chi connectivity index (χ0v) is 20.8. The van der Waals surface area contributed by atoms with Crippen molar-refractivity contribution in [3.05, 3.63) is 107 Å². The first-order valence-corrected chi connectivity index (χ1v) is 11.7. The van der Waals surface area contributed by atoms with Gasteiger partial charge in [0.2, 0.25) is 0 Å². The van der Waals surface area contributed by atoms with Gasteiger partial charge in [-0.05, 0) is 61.5 Å². The number of thioether (sulfide) groups is 1. The Morgan fingerprint density at radius 3 is 2.09 bits per heavy atom. The lowest BCUT2D eigenvalue weighted by Crippen LogP contribution is -2.32. The predicted octanol–water partition coefficient (Wildman–Crippen LogP) is 7.33. The van der Waals surface area contributed by atoms with E-state index in [1.807, 2.05) is 37.1 Å². The minimum Gasteiger partial charge on any atom is -0.493 e. The summed E-state index contributed by atoms with van der Waals surface area (Å²) in [6, 6.07) is 15.2. The Labute approximate surface area is 208 Å². The van der Waals surface area contributed by atoms with Crippen LogP contribution in [0.3, 0.4) is 0 Å². The molecule has 0 radical (unpaired) electrons. The lowest BCUT2D eigenvalue weighted by molar-refractivity contribution is 0.355. The molecule has 3 rings (SSSR count). The molecule has 0 N–H and O–H groups in total. The van der Waals surface area contributed by atoms with Crippen molar-refractivity contribution >= 4 is 23.1 Å². The van der Waals surface area contributed by atoms with Gasteiger partial charge in [0.1, 0.15) is 23.3 Å². The Morgan fingerprint density at radius 1 is 0.914 bits per heavy atom. The molecule has 0 fully saturated rings. The number of nitrogens with zero attached hydrogens (tertiary/aromatic N) is 2. The third-order valence-corrected chi connectivity index (χ3v) is 6.31. The number of rotatable bonds is 10. The molecule has 4 nitrogen and oxygen atoms in total. The molecule has 35 heavy (non-hydrogen) atoms. The summed E-state index contributed by atoms with van der Waals surface area (Å²) in [5.74, 6) is 0.259. The molecular formula is C27H27F3N2O2S. The summed E-state index contributed by atoms with van der Waals surface area (Å²) < 4.78 is 52.9. The Morgan fingerprint density at radius 2 is 1.51 bits per heavy atom. The number of ether oxygens (including phenoxy) is 2. The standard InChI is InChI=1S/C27H27F3N2O2S/c1-6-27(31(3)21-14-15-25(33-4)26(16-21)34-5)32(20-12-10-19(28)11-13-20)18(2)35-17-22-23(29)8-7-9-24(22)30/h6-16H,2,17H2,1,3-5H3/b27-6-. The molecule has 0 amide bonds. The van der Waals surface area contributed by atoms with Gasteiger partial charge in [-0.25, -0.2) is 13.2 Å². The molecule has 0 aliphatic rings. The highest BCUT2D eigenvalue weighted by Crippen LogP contribution is 2.37. The maximum absolute atomic E-state index is 14.2. The van der Waals surface area contributed by atoms with E-state index in [9.17, 15) is 13.2 Å². The molecule has 0 spiro atoms. The largest absolute Gasteiger partial charge is 0.493 e. The van der Waals surface area contributed by atoms with Gasteiger partial charge >= 0.3 is 0 Å². The molecule has 0 saturated heterocycles. The van der Waals surface area contributed by atoms with Crippen molar-refractivity contribution in [1.29, 1.82) is 0 Å². The average Bonchev–Trinajstić information content (AvgIpc) is 2.86. The zero-order chi connectivity index (χ0) is 25.5. The Hall–Kier alpha value is -3.52. The first-order chi connectivity index (χ1) is 16.8. The molecule has 0 aromatic heterocycles. The van der Waals surface area contributed by atoms with Crippen molar-refractivity contribution in [2.24, 2.45) is 0 Å². The van der Waals surface area contributed by atoms with Gasteiger partial charge in [0.15, 0.2) is 11.5 Å². The SMILES string of the molecule is C=C(SCc1c(F)cccc1F)N(/C(=C\C)N(C)c1ccc(OC)c(OC)c1)c1ccc(F)cc1. The van der Waals surface area contributed by atoms with Gasteiger partial charge in [-0.3, -0.25) is 4.90 Å². The van der Waals surface area contributed by atoms with E-state index in [0.29, 0.717) is 28.0 Å². The topological polar surface area (TPSA) is 24.9 Å². The Balaban J connectivity index is 1.97. The van der Waals surface area contributed by atoms with E-state index >= 15 is 0 Å². The van der Waals surface area contributed by atoms with Gasteiger partial charge in [0, 0.05) is 35.8 Å². The smallest absolute Gasteiger partial charge is 0.162 e. The fourth-order valence-electron chi connectivity index (χ4n) is 3.52. The number of hydrogen-bond donors (Lipinski definition) is 0. The van der Waals surface area contributed by atoms with Crippen LogP contribution in [0.5, 0.6) is 11.5 Å². The molecule has 0 saturated carbocycles. The van der Waals surface area contributed by atoms with Crippen molar-refractivity contribution in [3.8, 4) is 11.5 Å². The van der Waals surface area contributed by atoms with Gasteiger partial charge < -0.3 is 14.4 Å². The van der Waals surface area contributed by atoms with E-state index in [2.05, 4.69) is 6.58 Å². The number of allylic oxidation sites excluding steroid dienone is 1. The van der Waals surface area contributed by atoms with E-state index in [4.69, 9.17) is 9.47 Å². The van der Waals surface area contributed by atoms with Crippen molar-refractivity contribution < 1.29 is 22.6 Å². The van der Waals surface area contributed by atoms with E-state index in [1.54, 1.807) is 37.3 Å². The average molecular weight is 501 g/mol. The molecule has 0 atom stereocenters. The van der Waals surface area contributed by atoms with Crippen LogP contribution in [0, 0.1) is 17.5 Å². The normalized spacial score (nSPS) is 11.2. The second-order valence-corrected chi connectivity index (χ2v) is 8.49. The number of halogens is 3. The van der Waals surface area contributed by atoms with Gasteiger partial charge in [-0.2, -0.15) is 0 Å². The number of anilines is 2. The maximum Gasteiger partial charge on any atom is 0.162 e. The number of methoxy groups -OCH3 is 2. The van der Waals surface area contributed by atoms with E-state index < -0.39 is 11.6 Å². The summed E-state index contributed by atoms with van der Waals surface area (Å²) in [5, 5.41) is 0.500. The molecule has 8 heteroatoms. The third kappa shape index (κ3) is 5.95. The second kappa shape index (κ2) is 11.8. The highest BCUT2D eigenvalue weighted by molar-refractivity contribution is 8.02.